The van der Waals surface area contributed by atoms with Crippen LogP contribution in [0.3, 0.4) is 0 Å². The van der Waals surface area contributed by atoms with Crippen molar-refractivity contribution in [3.8, 4) is 0 Å². The van der Waals surface area contributed by atoms with Crippen LogP contribution in [0.15, 0.2) is 24.8 Å². The Labute approximate surface area is 90.2 Å². The van der Waals surface area contributed by atoms with E-state index in [1.165, 1.54) is 11.0 Å². The first kappa shape index (κ1) is 13.4. The average molecular weight is 211 g/mol. The van der Waals surface area contributed by atoms with Crippen molar-refractivity contribution in [2.24, 2.45) is 0 Å². The number of amides is 1. The molecular formula is C11H17NO3. The van der Waals surface area contributed by atoms with E-state index in [4.69, 9.17) is 4.74 Å². The molecule has 0 saturated heterocycles. The molecular weight excluding hydrogens is 194 g/mol. The summed E-state index contributed by atoms with van der Waals surface area (Å²) >= 11 is 0. The van der Waals surface area contributed by atoms with Crippen LogP contribution < -0.4 is 0 Å². The fourth-order valence-corrected chi connectivity index (χ4v) is 0.999. The van der Waals surface area contributed by atoms with E-state index in [2.05, 4.69) is 6.58 Å². The van der Waals surface area contributed by atoms with Crippen LogP contribution in [0.25, 0.3) is 0 Å². The highest BCUT2D eigenvalue weighted by molar-refractivity contribution is 5.90. The van der Waals surface area contributed by atoms with E-state index < -0.39 is 5.97 Å². The lowest BCUT2D eigenvalue weighted by atomic mass is 10.4. The third-order valence-corrected chi connectivity index (χ3v) is 1.60. The lowest BCUT2D eigenvalue weighted by molar-refractivity contribution is -0.147. The van der Waals surface area contributed by atoms with Gasteiger partial charge in [0.15, 0.2) is 0 Å². The smallest absolute Gasteiger partial charge is 0.325 e. The lowest BCUT2D eigenvalue weighted by Crippen LogP contribution is -2.35. The van der Waals surface area contributed by atoms with Crippen LogP contribution in [0.4, 0.5) is 0 Å². The first-order valence-electron chi connectivity index (χ1n) is 4.83. The maximum atomic E-state index is 11.5. The summed E-state index contributed by atoms with van der Waals surface area (Å²) in [6, 6.07) is 0. The third kappa shape index (κ3) is 5.67. The molecule has 0 bridgehead atoms. The van der Waals surface area contributed by atoms with Gasteiger partial charge in [-0.1, -0.05) is 12.2 Å². The van der Waals surface area contributed by atoms with Gasteiger partial charge >= 0.3 is 5.97 Å². The van der Waals surface area contributed by atoms with E-state index in [-0.39, 0.29) is 12.5 Å². The minimum Gasteiger partial charge on any atom is -0.465 e. The first-order chi connectivity index (χ1) is 7.15. The second-order valence-corrected chi connectivity index (χ2v) is 2.81. The highest BCUT2D eigenvalue weighted by atomic mass is 16.5. The summed E-state index contributed by atoms with van der Waals surface area (Å²) in [5, 5.41) is 0. The molecule has 84 valence electrons. The van der Waals surface area contributed by atoms with Crippen LogP contribution in [0.1, 0.15) is 13.8 Å². The lowest BCUT2D eigenvalue weighted by Gasteiger charge is -2.17. The van der Waals surface area contributed by atoms with E-state index >= 15 is 0 Å². The first-order valence-corrected chi connectivity index (χ1v) is 4.83. The highest BCUT2D eigenvalue weighted by Crippen LogP contribution is 1.94. The monoisotopic (exact) mass is 211 g/mol. The molecule has 4 heteroatoms. The van der Waals surface area contributed by atoms with Crippen molar-refractivity contribution < 1.29 is 14.3 Å². The largest absolute Gasteiger partial charge is 0.465 e. The van der Waals surface area contributed by atoms with Gasteiger partial charge in [-0.3, -0.25) is 9.59 Å². The van der Waals surface area contributed by atoms with Gasteiger partial charge in [0, 0.05) is 6.54 Å². The Morgan fingerprint density at radius 2 is 2.13 bits per heavy atom. The van der Waals surface area contributed by atoms with E-state index in [9.17, 15) is 9.59 Å². The average Bonchev–Trinajstić information content (AvgIpc) is 2.18. The van der Waals surface area contributed by atoms with Crippen molar-refractivity contribution >= 4 is 11.9 Å². The zero-order chi connectivity index (χ0) is 11.7. The molecule has 0 aromatic rings. The predicted molar refractivity (Wildman–Crippen MR) is 58.2 cm³/mol. The molecule has 0 radical (unpaired) electrons. The van der Waals surface area contributed by atoms with E-state index in [1.807, 2.05) is 0 Å². The van der Waals surface area contributed by atoms with Crippen LogP contribution in [-0.4, -0.2) is 36.5 Å². The number of rotatable bonds is 6. The van der Waals surface area contributed by atoms with Gasteiger partial charge in [0.1, 0.15) is 6.54 Å². The zero-order valence-electron chi connectivity index (χ0n) is 9.23. The number of ether oxygens (including phenoxy) is 1. The van der Waals surface area contributed by atoms with Gasteiger partial charge in [0.05, 0.1) is 6.61 Å². The number of nitrogens with zero attached hydrogens (tertiary/aromatic N) is 1. The van der Waals surface area contributed by atoms with Crippen molar-refractivity contribution in [3.05, 3.63) is 24.8 Å². The fourth-order valence-electron chi connectivity index (χ4n) is 0.999. The van der Waals surface area contributed by atoms with Crippen molar-refractivity contribution in [1.29, 1.82) is 0 Å². The molecule has 0 aromatic carbocycles. The van der Waals surface area contributed by atoms with Gasteiger partial charge in [0.2, 0.25) is 5.91 Å². The quantitative estimate of drug-likeness (QED) is 0.376. The fraction of sp³-hybridized carbons (Fsp3) is 0.455. The second-order valence-electron chi connectivity index (χ2n) is 2.81. The minimum atomic E-state index is -0.405. The molecule has 0 aliphatic heterocycles. The summed E-state index contributed by atoms with van der Waals surface area (Å²) in [5.74, 6) is -0.623. The van der Waals surface area contributed by atoms with Crippen LogP contribution >= 0.6 is 0 Å². The molecule has 15 heavy (non-hydrogen) atoms. The Kier molecular flexibility index (Phi) is 6.97. The van der Waals surface area contributed by atoms with Crippen LogP contribution in [0, 0.1) is 0 Å². The molecule has 0 aromatic heterocycles. The third-order valence-electron chi connectivity index (χ3n) is 1.60. The molecule has 0 atom stereocenters. The molecule has 0 saturated carbocycles. The molecule has 0 heterocycles. The Balaban J connectivity index is 4.32. The van der Waals surface area contributed by atoms with Gasteiger partial charge in [-0.25, -0.2) is 0 Å². The zero-order valence-corrected chi connectivity index (χ0v) is 9.23. The van der Waals surface area contributed by atoms with E-state index in [1.54, 1.807) is 26.0 Å². The Bertz CT molecular complexity index is 259. The number of allylic oxidation sites excluding steroid dienone is 1. The van der Waals surface area contributed by atoms with Crippen LogP contribution in [-0.2, 0) is 14.3 Å². The number of esters is 1. The highest BCUT2D eigenvalue weighted by Gasteiger charge is 2.13. The summed E-state index contributed by atoms with van der Waals surface area (Å²) in [7, 11) is 0. The topological polar surface area (TPSA) is 46.6 Å². The normalized spacial score (nSPS) is 10.0. The number of hydrogen-bond acceptors (Lipinski definition) is 3. The molecule has 0 fully saturated rings. The Morgan fingerprint density at radius 3 is 2.60 bits per heavy atom. The molecule has 0 aliphatic rings. The van der Waals surface area contributed by atoms with Crippen molar-refractivity contribution in [2.45, 2.75) is 13.8 Å². The van der Waals surface area contributed by atoms with Gasteiger partial charge < -0.3 is 9.64 Å². The number of carbonyl (C=O) groups is 2. The number of carbonyl (C=O) groups excluding carboxylic acids is 2. The predicted octanol–water partition coefficient (Wildman–Crippen LogP) is 1.14. The number of hydrogen-bond donors (Lipinski definition) is 0. The van der Waals surface area contributed by atoms with Crippen LogP contribution in [0.2, 0.25) is 0 Å². The van der Waals surface area contributed by atoms with Gasteiger partial charge in [-0.2, -0.15) is 0 Å². The summed E-state index contributed by atoms with van der Waals surface area (Å²) < 4.78 is 4.76. The van der Waals surface area contributed by atoms with Crippen molar-refractivity contribution in [2.75, 3.05) is 19.7 Å². The molecule has 4 nitrogen and oxygen atoms in total. The maximum Gasteiger partial charge on any atom is 0.325 e. The Morgan fingerprint density at radius 1 is 1.47 bits per heavy atom. The molecule has 0 N–H and O–H groups in total. The molecule has 0 spiro atoms. The summed E-state index contributed by atoms with van der Waals surface area (Å²) in [5.41, 5.74) is 0. The van der Waals surface area contributed by atoms with Gasteiger partial charge in [0.25, 0.3) is 0 Å². The van der Waals surface area contributed by atoms with Crippen molar-refractivity contribution in [3.63, 3.8) is 0 Å². The van der Waals surface area contributed by atoms with E-state index in [0.717, 1.165) is 0 Å². The molecule has 1 amide bonds. The standard InChI is InChI=1S/C11H17NO3/c1-4-7-10(13)12(8-5-2)9-11(14)15-6-3/h4-5,7H,2,6,8-9H2,1,3H3/b7-4+. The van der Waals surface area contributed by atoms with Crippen LogP contribution in [0.5, 0.6) is 0 Å². The molecule has 0 unspecified atom stereocenters. The SMILES string of the molecule is C=CCN(CC(=O)OCC)C(=O)/C=C/C. The maximum absolute atomic E-state index is 11.5. The van der Waals surface area contributed by atoms with Crippen molar-refractivity contribution in [1.82, 2.24) is 4.90 Å². The second kappa shape index (κ2) is 7.79. The van der Waals surface area contributed by atoms with E-state index in [0.29, 0.717) is 13.2 Å². The Hall–Kier alpha value is -1.58. The summed E-state index contributed by atoms with van der Waals surface area (Å²) in [6.45, 7) is 7.61. The van der Waals surface area contributed by atoms with Gasteiger partial charge in [-0.05, 0) is 19.9 Å². The van der Waals surface area contributed by atoms with Gasteiger partial charge in [-0.15, -0.1) is 6.58 Å². The minimum absolute atomic E-state index is 0.0387. The molecule has 0 aliphatic carbocycles. The molecule has 0 rings (SSSR count). The summed E-state index contributed by atoms with van der Waals surface area (Å²) in [4.78, 5) is 24.0. The summed E-state index contributed by atoms with van der Waals surface area (Å²) in [6.07, 6.45) is 4.60.